The van der Waals surface area contributed by atoms with E-state index >= 15 is 0 Å². The summed E-state index contributed by atoms with van der Waals surface area (Å²) in [5.74, 6) is -0.273. The topological polar surface area (TPSA) is 72.2 Å². The summed E-state index contributed by atoms with van der Waals surface area (Å²) in [5.41, 5.74) is 5.58. The largest absolute Gasteiger partial charge is 0.355 e. The molecule has 0 aromatic carbocycles. The van der Waals surface area contributed by atoms with Gasteiger partial charge in [-0.1, -0.05) is 6.92 Å². The van der Waals surface area contributed by atoms with Crippen molar-refractivity contribution in [3.8, 4) is 0 Å². The molecule has 0 bridgehead atoms. The lowest BCUT2D eigenvalue weighted by Gasteiger charge is -2.16. The van der Waals surface area contributed by atoms with E-state index in [0.717, 1.165) is 0 Å². The summed E-state index contributed by atoms with van der Waals surface area (Å²) in [6.07, 6.45) is 1.63. The molecule has 0 radical (unpaired) electrons. The summed E-state index contributed by atoms with van der Waals surface area (Å²) in [6.45, 7) is 5.87. The second-order valence-corrected chi connectivity index (χ2v) is 5.50. The van der Waals surface area contributed by atoms with Crippen LogP contribution in [-0.4, -0.2) is 34.2 Å². The number of carbonyl (C=O) groups excluding carboxylic acids is 1. The highest BCUT2D eigenvalue weighted by Crippen LogP contribution is 1.99. The zero-order valence-corrected chi connectivity index (χ0v) is 10.1. The van der Waals surface area contributed by atoms with Crippen molar-refractivity contribution in [2.24, 2.45) is 11.7 Å². The maximum atomic E-state index is 11.4. The Morgan fingerprint density at radius 3 is 2.29 bits per heavy atom. The number of hydrogen-bond acceptors (Lipinski definition) is 3. The van der Waals surface area contributed by atoms with Gasteiger partial charge >= 0.3 is 0 Å². The molecule has 0 rings (SSSR count). The third kappa shape index (κ3) is 4.72. The third-order valence-electron chi connectivity index (χ3n) is 2.33. The minimum absolute atomic E-state index is 0.0146. The van der Waals surface area contributed by atoms with Gasteiger partial charge in [-0.2, -0.15) is 0 Å². The molecule has 0 aromatic heterocycles. The molecule has 0 saturated heterocycles. The van der Waals surface area contributed by atoms with Crippen LogP contribution in [0.5, 0.6) is 0 Å². The predicted molar refractivity (Wildman–Crippen MR) is 59.4 cm³/mol. The normalized spacial score (nSPS) is 19.5. The Balaban J connectivity index is 3.91. The highest BCUT2D eigenvalue weighted by molar-refractivity contribution is 7.84. The molecule has 0 aliphatic rings. The number of rotatable bonds is 5. The van der Waals surface area contributed by atoms with Crippen molar-refractivity contribution in [1.82, 2.24) is 5.32 Å². The van der Waals surface area contributed by atoms with Crippen LogP contribution in [0.4, 0.5) is 0 Å². The molecule has 1 amide bonds. The molecular weight excluding hydrogens is 200 g/mol. The van der Waals surface area contributed by atoms with E-state index in [-0.39, 0.29) is 23.1 Å². The van der Waals surface area contributed by atoms with Crippen molar-refractivity contribution >= 4 is 16.7 Å². The monoisotopic (exact) mass is 220 g/mol. The summed E-state index contributed by atoms with van der Waals surface area (Å²) in [6, 6.07) is -0.155. The van der Waals surface area contributed by atoms with Crippen LogP contribution in [-0.2, 0) is 15.6 Å². The fraction of sp³-hybridized carbons (Fsp3) is 0.889. The lowest BCUT2D eigenvalue weighted by atomic mass is 10.0. The highest BCUT2D eigenvalue weighted by Gasteiger charge is 2.17. The summed E-state index contributed by atoms with van der Waals surface area (Å²) in [4.78, 5) is 11.4. The van der Waals surface area contributed by atoms with Gasteiger partial charge in [0.25, 0.3) is 0 Å². The van der Waals surface area contributed by atoms with E-state index in [1.807, 2.05) is 6.92 Å². The summed E-state index contributed by atoms with van der Waals surface area (Å²) in [7, 11) is -0.897. The molecule has 0 aliphatic heterocycles. The van der Waals surface area contributed by atoms with Crippen LogP contribution < -0.4 is 11.1 Å². The predicted octanol–water partition coefficient (Wildman–Crippen LogP) is -0.147. The van der Waals surface area contributed by atoms with E-state index in [9.17, 15) is 9.00 Å². The fourth-order valence-corrected chi connectivity index (χ4v) is 1.08. The summed E-state index contributed by atoms with van der Waals surface area (Å²) >= 11 is 0. The van der Waals surface area contributed by atoms with Gasteiger partial charge in [0.1, 0.15) is 0 Å². The van der Waals surface area contributed by atoms with Gasteiger partial charge in [0, 0.05) is 40.8 Å². The van der Waals surface area contributed by atoms with E-state index in [2.05, 4.69) is 5.32 Å². The molecule has 0 aliphatic carbocycles. The van der Waals surface area contributed by atoms with Crippen LogP contribution in [0.3, 0.4) is 0 Å². The first kappa shape index (κ1) is 13.6. The Morgan fingerprint density at radius 2 is 1.93 bits per heavy atom. The van der Waals surface area contributed by atoms with Crippen LogP contribution >= 0.6 is 0 Å². The molecule has 0 fully saturated rings. The molecule has 3 N–H and O–H groups in total. The van der Waals surface area contributed by atoms with Gasteiger partial charge in [-0.25, -0.2) is 0 Å². The van der Waals surface area contributed by atoms with Crippen LogP contribution in [0.15, 0.2) is 0 Å². The second kappa shape index (κ2) is 6.14. The van der Waals surface area contributed by atoms with Gasteiger partial charge in [-0.3, -0.25) is 9.00 Å². The van der Waals surface area contributed by atoms with Gasteiger partial charge in [0.15, 0.2) is 0 Å². The maximum Gasteiger partial charge on any atom is 0.224 e. The third-order valence-corrected chi connectivity index (χ3v) is 3.63. The lowest BCUT2D eigenvalue weighted by Crippen LogP contribution is -2.41. The number of nitrogens with two attached hydrogens (primary N) is 1. The Morgan fingerprint density at radius 1 is 1.43 bits per heavy atom. The molecule has 4 atom stereocenters. The summed E-state index contributed by atoms with van der Waals surface area (Å²) < 4.78 is 11.0. The molecule has 84 valence electrons. The first-order valence-corrected chi connectivity index (χ1v) is 6.34. The van der Waals surface area contributed by atoms with Crippen molar-refractivity contribution in [3.63, 3.8) is 0 Å². The molecule has 14 heavy (non-hydrogen) atoms. The standard InChI is InChI=1S/C9H20N2O2S/c1-6(14(4)13)5-11-9(12)7(2)8(3)10/h6-8H,5,10H2,1-4H3,(H,11,12). The van der Waals surface area contributed by atoms with Gasteiger partial charge in [-0.15, -0.1) is 0 Å². The minimum Gasteiger partial charge on any atom is -0.355 e. The minimum atomic E-state index is -0.897. The average molecular weight is 220 g/mol. The number of hydrogen-bond donors (Lipinski definition) is 2. The van der Waals surface area contributed by atoms with E-state index < -0.39 is 10.8 Å². The maximum absolute atomic E-state index is 11.4. The van der Waals surface area contributed by atoms with E-state index in [0.29, 0.717) is 6.54 Å². The molecule has 0 spiro atoms. The van der Waals surface area contributed by atoms with Gasteiger partial charge in [0.2, 0.25) is 5.91 Å². The first-order valence-electron chi connectivity index (χ1n) is 4.71. The number of amides is 1. The van der Waals surface area contributed by atoms with Crippen molar-refractivity contribution in [3.05, 3.63) is 0 Å². The Hall–Kier alpha value is -0.420. The van der Waals surface area contributed by atoms with Crippen molar-refractivity contribution in [2.75, 3.05) is 12.8 Å². The Labute approximate surface area is 88.1 Å². The van der Waals surface area contributed by atoms with E-state index in [4.69, 9.17) is 5.73 Å². The molecule has 0 saturated carbocycles. The zero-order valence-electron chi connectivity index (χ0n) is 9.24. The first-order chi connectivity index (χ1) is 6.36. The van der Waals surface area contributed by atoms with E-state index in [1.165, 1.54) is 0 Å². The van der Waals surface area contributed by atoms with Gasteiger partial charge < -0.3 is 11.1 Å². The van der Waals surface area contributed by atoms with E-state index in [1.54, 1.807) is 20.1 Å². The highest BCUT2D eigenvalue weighted by atomic mass is 32.2. The molecule has 4 unspecified atom stereocenters. The van der Waals surface area contributed by atoms with Gasteiger partial charge in [0.05, 0.1) is 0 Å². The van der Waals surface area contributed by atoms with Crippen LogP contribution in [0.2, 0.25) is 0 Å². The molecule has 0 heterocycles. The molecule has 0 aromatic rings. The van der Waals surface area contributed by atoms with Crippen LogP contribution in [0.1, 0.15) is 20.8 Å². The summed E-state index contributed by atoms with van der Waals surface area (Å²) in [5, 5.41) is 2.72. The van der Waals surface area contributed by atoms with Crippen LogP contribution in [0, 0.1) is 5.92 Å². The Kier molecular flexibility index (Phi) is 5.95. The average Bonchev–Trinajstić information content (AvgIpc) is 2.11. The lowest BCUT2D eigenvalue weighted by molar-refractivity contribution is -0.124. The van der Waals surface area contributed by atoms with Crippen molar-refractivity contribution in [2.45, 2.75) is 32.1 Å². The van der Waals surface area contributed by atoms with Crippen molar-refractivity contribution in [1.29, 1.82) is 0 Å². The SMILES string of the molecule is CC(N)C(C)C(=O)NCC(C)S(C)=O. The molecule has 5 heteroatoms. The Bertz CT molecular complexity index is 219. The number of nitrogens with one attached hydrogen (secondary N) is 1. The van der Waals surface area contributed by atoms with Gasteiger partial charge in [-0.05, 0) is 13.8 Å². The van der Waals surface area contributed by atoms with Crippen molar-refractivity contribution < 1.29 is 9.00 Å². The molecular formula is C9H20N2O2S. The fourth-order valence-electron chi connectivity index (χ4n) is 0.761. The smallest absolute Gasteiger partial charge is 0.224 e. The number of carbonyl (C=O) groups is 1. The quantitative estimate of drug-likeness (QED) is 0.677. The van der Waals surface area contributed by atoms with Crippen LogP contribution in [0.25, 0.3) is 0 Å². The second-order valence-electron chi connectivity index (χ2n) is 3.70. The zero-order chi connectivity index (χ0) is 11.3. The molecule has 4 nitrogen and oxygen atoms in total.